The summed E-state index contributed by atoms with van der Waals surface area (Å²) in [5.41, 5.74) is 0.562. The summed E-state index contributed by atoms with van der Waals surface area (Å²) in [4.78, 5) is 4.30. The number of likely N-dealkylation sites (N-methyl/N-ethyl adjacent to an activating group) is 1. The van der Waals surface area contributed by atoms with Gasteiger partial charge in [-0.05, 0) is 19.5 Å². The van der Waals surface area contributed by atoms with Crippen LogP contribution in [0.2, 0.25) is 0 Å². The second-order valence-corrected chi connectivity index (χ2v) is 4.14. The van der Waals surface area contributed by atoms with Crippen LogP contribution in [0.4, 0.5) is 0 Å². The van der Waals surface area contributed by atoms with Crippen molar-refractivity contribution in [3.8, 4) is 17.4 Å². The number of nitrogens with one attached hydrogen (secondary N) is 1. The summed E-state index contributed by atoms with van der Waals surface area (Å²) >= 11 is 0. The molecular formula is C12H17N5O2. The minimum Gasteiger partial charge on any atom is -0.480 e. The molecule has 0 radical (unpaired) electrons. The summed E-state index contributed by atoms with van der Waals surface area (Å²) in [6.45, 7) is 5.04. The fourth-order valence-corrected chi connectivity index (χ4v) is 1.67. The molecule has 0 aliphatic heterocycles. The summed E-state index contributed by atoms with van der Waals surface area (Å²) in [6.07, 6.45) is 0.685. The third-order valence-corrected chi connectivity index (χ3v) is 2.58. The second-order valence-electron chi connectivity index (χ2n) is 4.14. The maximum absolute atomic E-state index is 5.19. The second kappa shape index (κ2) is 6.24. The predicted molar refractivity (Wildman–Crippen MR) is 68.7 cm³/mol. The van der Waals surface area contributed by atoms with Crippen LogP contribution in [0.25, 0.3) is 11.5 Å². The quantitative estimate of drug-likeness (QED) is 0.834. The first kappa shape index (κ1) is 13.4. The Morgan fingerprint density at radius 1 is 1.37 bits per heavy atom. The van der Waals surface area contributed by atoms with Gasteiger partial charge >= 0.3 is 0 Å². The lowest BCUT2D eigenvalue weighted by Crippen LogP contribution is -2.27. The molecule has 0 aliphatic carbocycles. The molecule has 2 heterocycles. The zero-order valence-electron chi connectivity index (χ0n) is 11.3. The third-order valence-electron chi connectivity index (χ3n) is 2.58. The van der Waals surface area contributed by atoms with Gasteiger partial charge in [-0.25, -0.2) is 0 Å². The van der Waals surface area contributed by atoms with Gasteiger partial charge in [0.05, 0.1) is 7.11 Å². The average molecular weight is 263 g/mol. The number of aromatic nitrogens is 4. The highest BCUT2D eigenvalue weighted by atomic mass is 16.5. The lowest BCUT2D eigenvalue weighted by atomic mass is 10.2. The molecule has 102 valence electrons. The molecule has 0 aliphatic rings. The first-order valence-corrected chi connectivity index (χ1v) is 6.17. The van der Waals surface area contributed by atoms with Crippen molar-refractivity contribution in [2.24, 2.45) is 0 Å². The van der Waals surface area contributed by atoms with Crippen LogP contribution < -0.4 is 10.1 Å². The Hall–Kier alpha value is -2.02. The van der Waals surface area contributed by atoms with Crippen LogP contribution in [0, 0.1) is 0 Å². The van der Waals surface area contributed by atoms with E-state index in [1.807, 2.05) is 0 Å². The lowest BCUT2D eigenvalue weighted by molar-refractivity contribution is 0.362. The number of ether oxygens (including phenoxy) is 1. The van der Waals surface area contributed by atoms with E-state index in [-0.39, 0.29) is 0 Å². The van der Waals surface area contributed by atoms with Crippen molar-refractivity contribution < 1.29 is 9.26 Å². The van der Waals surface area contributed by atoms with E-state index in [0.717, 1.165) is 6.54 Å². The summed E-state index contributed by atoms with van der Waals surface area (Å²) in [6, 6.07) is 3.74. The van der Waals surface area contributed by atoms with E-state index in [1.165, 1.54) is 7.11 Å². The Kier molecular flexibility index (Phi) is 4.40. The smallest absolute Gasteiger partial charge is 0.233 e. The van der Waals surface area contributed by atoms with Crippen LogP contribution in [0.15, 0.2) is 16.7 Å². The van der Waals surface area contributed by atoms with E-state index in [0.29, 0.717) is 35.8 Å². The topological polar surface area (TPSA) is 86.0 Å². The molecule has 2 rings (SSSR count). The maximum Gasteiger partial charge on any atom is 0.233 e. The molecule has 2 aromatic rings. The summed E-state index contributed by atoms with van der Waals surface area (Å²) in [7, 11) is 1.54. The Labute approximate surface area is 111 Å². The van der Waals surface area contributed by atoms with Crippen molar-refractivity contribution in [3.63, 3.8) is 0 Å². The third kappa shape index (κ3) is 3.47. The van der Waals surface area contributed by atoms with Gasteiger partial charge in [0.1, 0.15) is 5.69 Å². The van der Waals surface area contributed by atoms with Gasteiger partial charge < -0.3 is 14.6 Å². The van der Waals surface area contributed by atoms with Crippen LogP contribution >= 0.6 is 0 Å². The normalized spacial score (nSPS) is 12.4. The van der Waals surface area contributed by atoms with E-state index in [4.69, 9.17) is 9.26 Å². The molecule has 1 N–H and O–H groups in total. The molecule has 0 amide bonds. The van der Waals surface area contributed by atoms with Crippen molar-refractivity contribution >= 4 is 0 Å². The zero-order valence-corrected chi connectivity index (χ0v) is 11.3. The van der Waals surface area contributed by atoms with Crippen LogP contribution in [-0.4, -0.2) is 40.0 Å². The Morgan fingerprint density at radius 3 is 2.84 bits per heavy atom. The fraction of sp³-hybridized carbons (Fsp3) is 0.500. The van der Waals surface area contributed by atoms with Crippen LogP contribution in [0.3, 0.4) is 0 Å². The molecule has 1 atom stereocenters. The minimum atomic E-state index is 0.292. The molecule has 1 unspecified atom stereocenters. The van der Waals surface area contributed by atoms with Crippen molar-refractivity contribution in [2.75, 3.05) is 13.7 Å². The van der Waals surface area contributed by atoms with Gasteiger partial charge in [0.25, 0.3) is 0 Å². The fourth-order valence-electron chi connectivity index (χ4n) is 1.67. The molecule has 7 nitrogen and oxygen atoms in total. The molecule has 0 saturated heterocycles. The molecular weight excluding hydrogens is 246 g/mol. The number of methoxy groups -OCH3 is 1. The summed E-state index contributed by atoms with van der Waals surface area (Å²) in [5, 5.41) is 15.0. The first-order chi connectivity index (χ1) is 9.22. The van der Waals surface area contributed by atoms with Crippen LogP contribution in [0.1, 0.15) is 19.7 Å². The van der Waals surface area contributed by atoms with Crippen LogP contribution in [0.5, 0.6) is 5.88 Å². The standard InChI is InChI=1S/C12H17N5O2/c1-4-13-8(2)7-11-14-12(17-19-11)9-5-6-10(18-3)16-15-9/h5-6,8,13H,4,7H2,1-3H3. The van der Waals surface area contributed by atoms with E-state index in [1.54, 1.807) is 12.1 Å². The van der Waals surface area contributed by atoms with Gasteiger partial charge in [0.15, 0.2) is 0 Å². The Bertz CT molecular complexity index is 511. The highest BCUT2D eigenvalue weighted by Gasteiger charge is 2.12. The molecule has 7 heteroatoms. The predicted octanol–water partition coefficient (Wildman–Crippen LogP) is 1.08. The van der Waals surface area contributed by atoms with Crippen molar-refractivity contribution in [3.05, 3.63) is 18.0 Å². The molecule has 0 spiro atoms. The van der Waals surface area contributed by atoms with E-state index >= 15 is 0 Å². The van der Waals surface area contributed by atoms with Gasteiger partial charge in [0.2, 0.25) is 17.6 Å². The average Bonchev–Trinajstić information content (AvgIpc) is 2.87. The molecule has 0 aromatic carbocycles. The molecule has 2 aromatic heterocycles. The van der Waals surface area contributed by atoms with Crippen LogP contribution in [-0.2, 0) is 6.42 Å². The largest absolute Gasteiger partial charge is 0.480 e. The number of hydrogen-bond acceptors (Lipinski definition) is 7. The minimum absolute atomic E-state index is 0.292. The van der Waals surface area contributed by atoms with E-state index < -0.39 is 0 Å². The maximum atomic E-state index is 5.19. The SMILES string of the molecule is CCNC(C)Cc1nc(-c2ccc(OC)nn2)no1. The van der Waals surface area contributed by atoms with E-state index in [9.17, 15) is 0 Å². The van der Waals surface area contributed by atoms with Gasteiger partial charge in [-0.2, -0.15) is 4.98 Å². The number of nitrogens with zero attached hydrogens (tertiary/aromatic N) is 4. The Morgan fingerprint density at radius 2 is 2.21 bits per heavy atom. The van der Waals surface area contributed by atoms with Gasteiger partial charge in [0, 0.05) is 18.5 Å². The molecule has 0 fully saturated rings. The highest BCUT2D eigenvalue weighted by molar-refractivity contribution is 5.47. The number of hydrogen-bond donors (Lipinski definition) is 1. The van der Waals surface area contributed by atoms with Crippen molar-refractivity contribution in [2.45, 2.75) is 26.3 Å². The zero-order chi connectivity index (χ0) is 13.7. The van der Waals surface area contributed by atoms with Crippen molar-refractivity contribution in [1.82, 2.24) is 25.7 Å². The molecule has 0 saturated carbocycles. The Balaban J connectivity index is 2.07. The monoisotopic (exact) mass is 263 g/mol. The summed E-state index contributed by atoms with van der Waals surface area (Å²) in [5.74, 6) is 1.48. The van der Waals surface area contributed by atoms with Crippen molar-refractivity contribution in [1.29, 1.82) is 0 Å². The van der Waals surface area contributed by atoms with Gasteiger partial charge in [-0.1, -0.05) is 12.1 Å². The molecule has 19 heavy (non-hydrogen) atoms. The van der Waals surface area contributed by atoms with E-state index in [2.05, 4.69) is 39.5 Å². The van der Waals surface area contributed by atoms with Gasteiger partial charge in [-0.3, -0.25) is 0 Å². The molecule has 0 bridgehead atoms. The lowest BCUT2D eigenvalue weighted by Gasteiger charge is -2.07. The highest BCUT2D eigenvalue weighted by Crippen LogP contribution is 2.14. The number of rotatable bonds is 6. The first-order valence-electron chi connectivity index (χ1n) is 6.17. The summed E-state index contributed by atoms with van der Waals surface area (Å²) < 4.78 is 10.1. The van der Waals surface area contributed by atoms with Gasteiger partial charge in [-0.15, -0.1) is 10.2 Å².